The third-order valence-electron chi connectivity index (χ3n) is 9.39. The molecule has 0 amide bonds. The number of methoxy groups -OCH3 is 2. The number of nitrogens with zero attached hydrogens (tertiary/aromatic N) is 4. The highest BCUT2D eigenvalue weighted by Gasteiger charge is 2.39. The smallest absolute Gasteiger partial charge is 0.267 e. The molecule has 0 spiro atoms. The van der Waals surface area contributed by atoms with E-state index in [0.717, 1.165) is 56.5 Å². The summed E-state index contributed by atoms with van der Waals surface area (Å²) in [6, 6.07) is 37.4. The van der Waals surface area contributed by atoms with Crippen molar-refractivity contribution in [1.82, 2.24) is 19.6 Å². The quantitative estimate of drug-likeness (QED) is 0.127. The lowest BCUT2D eigenvalue weighted by atomic mass is 9.99. The summed E-state index contributed by atoms with van der Waals surface area (Å²) >= 11 is 0. The van der Waals surface area contributed by atoms with Gasteiger partial charge in [-0.15, -0.1) is 0 Å². The zero-order chi connectivity index (χ0) is 35.5. The molecular weight excluding hydrogens is 641 g/mol. The highest BCUT2D eigenvalue weighted by atomic mass is 28.4. The van der Waals surface area contributed by atoms with Crippen LogP contribution in [-0.4, -0.2) is 42.1 Å². The number of rotatable bonds is 11. The Labute approximate surface area is 295 Å². The molecule has 50 heavy (non-hydrogen) atoms. The highest BCUT2D eigenvalue weighted by molar-refractivity contribution is 6.74. The van der Waals surface area contributed by atoms with Crippen LogP contribution in [0.1, 0.15) is 31.9 Å². The number of aromatic nitrogens is 4. The fourth-order valence-electron chi connectivity index (χ4n) is 5.57. The first kappa shape index (κ1) is 34.4. The summed E-state index contributed by atoms with van der Waals surface area (Å²) in [4.78, 5) is 13.2. The van der Waals surface area contributed by atoms with Crippen LogP contribution in [0.3, 0.4) is 0 Å². The van der Waals surface area contributed by atoms with E-state index in [2.05, 4.69) is 70.3 Å². The first-order valence-electron chi connectivity index (χ1n) is 16.8. The Morgan fingerprint density at radius 1 is 0.640 bits per heavy atom. The molecule has 6 aromatic rings. The molecular formula is C41H44N4O4Si. The summed E-state index contributed by atoms with van der Waals surface area (Å²) < 4.78 is 21.1. The molecule has 0 aliphatic rings. The van der Waals surface area contributed by atoms with Gasteiger partial charge >= 0.3 is 0 Å². The molecule has 4 aromatic carbocycles. The van der Waals surface area contributed by atoms with E-state index in [9.17, 15) is 4.79 Å². The van der Waals surface area contributed by atoms with Crippen LogP contribution in [0.4, 0.5) is 0 Å². The Morgan fingerprint density at radius 2 is 1.22 bits per heavy atom. The Morgan fingerprint density at radius 3 is 1.80 bits per heavy atom. The molecule has 0 saturated carbocycles. The van der Waals surface area contributed by atoms with Gasteiger partial charge in [-0.3, -0.25) is 9.48 Å². The molecule has 0 radical (unpaired) electrons. The summed E-state index contributed by atoms with van der Waals surface area (Å²) in [7, 11) is 1.17. The third kappa shape index (κ3) is 7.43. The van der Waals surface area contributed by atoms with Crippen LogP contribution in [0.5, 0.6) is 17.2 Å². The molecule has 0 aliphatic heterocycles. The second kappa shape index (κ2) is 14.2. The lowest BCUT2D eigenvalue weighted by molar-refractivity contribution is 0.414. The number of hydrogen-bond acceptors (Lipinski definition) is 6. The number of ether oxygens (including phenoxy) is 2. The van der Waals surface area contributed by atoms with Crippen molar-refractivity contribution in [3.8, 4) is 51.0 Å². The van der Waals surface area contributed by atoms with E-state index in [0.29, 0.717) is 18.8 Å². The number of hydrogen-bond donors (Lipinski definition) is 0. The van der Waals surface area contributed by atoms with E-state index in [4.69, 9.17) is 24.1 Å². The minimum atomic E-state index is -2.13. The van der Waals surface area contributed by atoms with E-state index >= 15 is 0 Å². The Kier molecular flexibility index (Phi) is 9.79. The van der Waals surface area contributed by atoms with Crippen molar-refractivity contribution in [3.63, 3.8) is 0 Å². The predicted molar refractivity (Wildman–Crippen MR) is 203 cm³/mol. The normalized spacial score (nSPS) is 11.7. The molecule has 0 N–H and O–H groups in total. The maximum atomic E-state index is 13.2. The molecule has 0 aliphatic carbocycles. The summed E-state index contributed by atoms with van der Waals surface area (Å²) in [5, 5.41) is 10.3. The zero-order valence-corrected chi connectivity index (χ0v) is 30.8. The van der Waals surface area contributed by atoms with Crippen LogP contribution in [-0.2, 0) is 13.1 Å². The third-order valence-corrected chi connectivity index (χ3v) is 13.8. The molecule has 0 unspecified atom stereocenters. The number of benzene rings is 4. The molecule has 0 bridgehead atoms. The second-order valence-electron chi connectivity index (χ2n) is 13.9. The summed E-state index contributed by atoms with van der Waals surface area (Å²) in [5.41, 5.74) is 6.81. The van der Waals surface area contributed by atoms with E-state index < -0.39 is 8.32 Å². The maximum Gasteiger partial charge on any atom is 0.267 e. The minimum absolute atomic E-state index is 0.0340. The average Bonchev–Trinajstić information content (AvgIpc) is 3.48. The van der Waals surface area contributed by atoms with Crippen LogP contribution in [0.2, 0.25) is 18.1 Å². The van der Waals surface area contributed by atoms with Gasteiger partial charge in [-0.25, -0.2) is 4.68 Å². The Balaban J connectivity index is 1.56. The summed E-state index contributed by atoms with van der Waals surface area (Å²) in [5.74, 6) is 2.36. The standard InChI is InChI=1S/C41H44N4O4Si/c1-41(2,3)50(6,7)49-35-15-11-14-32(26-35)40-38(36-24-25-37(46)44(42-36)27-29-16-20-33(47-4)21-17-29)39(31-12-9-8-10-13-31)43-45(40)28-30-18-22-34(48-5)23-19-30/h8-26H,27-28H2,1-7H3. The van der Waals surface area contributed by atoms with Crippen LogP contribution >= 0.6 is 0 Å². The summed E-state index contributed by atoms with van der Waals surface area (Å²) in [6.45, 7) is 12.0. The topological polar surface area (TPSA) is 80.4 Å². The van der Waals surface area contributed by atoms with Gasteiger partial charge in [0.15, 0.2) is 0 Å². The van der Waals surface area contributed by atoms with Crippen LogP contribution in [0.25, 0.3) is 33.8 Å². The minimum Gasteiger partial charge on any atom is -0.543 e. The molecule has 6 rings (SSSR count). The van der Waals surface area contributed by atoms with Crippen molar-refractivity contribution >= 4 is 8.32 Å². The van der Waals surface area contributed by atoms with Crippen LogP contribution < -0.4 is 19.5 Å². The van der Waals surface area contributed by atoms with E-state index in [1.165, 1.54) is 4.68 Å². The second-order valence-corrected chi connectivity index (χ2v) is 18.6. The first-order chi connectivity index (χ1) is 24.0. The summed E-state index contributed by atoms with van der Waals surface area (Å²) in [6.07, 6.45) is 0. The van der Waals surface area contributed by atoms with Gasteiger partial charge in [0.2, 0.25) is 8.32 Å². The fourth-order valence-corrected chi connectivity index (χ4v) is 6.59. The van der Waals surface area contributed by atoms with Gasteiger partial charge in [-0.2, -0.15) is 10.2 Å². The Bertz CT molecular complexity index is 2130. The first-order valence-corrected chi connectivity index (χ1v) is 19.7. The maximum absolute atomic E-state index is 13.2. The van der Waals surface area contributed by atoms with Crippen molar-refractivity contribution in [2.24, 2.45) is 0 Å². The predicted octanol–water partition coefficient (Wildman–Crippen LogP) is 8.94. The van der Waals surface area contributed by atoms with Crippen molar-refractivity contribution in [3.05, 3.63) is 137 Å². The monoisotopic (exact) mass is 684 g/mol. The lowest BCUT2D eigenvalue weighted by Crippen LogP contribution is -2.43. The van der Waals surface area contributed by atoms with Gasteiger partial charge in [0.05, 0.1) is 44.3 Å². The van der Waals surface area contributed by atoms with Gasteiger partial charge in [0.1, 0.15) is 22.9 Å². The van der Waals surface area contributed by atoms with E-state index in [1.54, 1.807) is 26.4 Å². The van der Waals surface area contributed by atoms with E-state index in [-0.39, 0.29) is 10.6 Å². The Hall–Kier alpha value is -5.41. The molecule has 9 heteroatoms. The lowest BCUT2D eigenvalue weighted by Gasteiger charge is -2.36. The fraction of sp³-hybridized carbons (Fsp3) is 0.244. The zero-order valence-electron chi connectivity index (χ0n) is 29.8. The molecule has 8 nitrogen and oxygen atoms in total. The molecule has 2 aromatic heterocycles. The average molecular weight is 685 g/mol. The van der Waals surface area contributed by atoms with Crippen molar-refractivity contribution in [2.45, 2.75) is 52.0 Å². The van der Waals surface area contributed by atoms with Gasteiger partial charge in [-0.1, -0.05) is 87.5 Å². The molecule has 0 atom stereocenters. The van der Waals surface area contributed by atoms with Gasteiger partial charge in [0, 0.05) is 17.2 Å². The van der Waals surface area contributed by atoms with Gasteiger partial charge in [0.25, 0.3) is 5.56 Å². The van der Waals surface area contributed by atoms with Crippen molar-refractivity contribution < 1.29 is 13.9 Å². The molecule has 0 saturated heterocycles. The van der Waals surface area contributed by atoms with Gasteiger partial charge < -0.3 is 13.9 Å². The van der Waals surface area contributed by atoms with Crippen LogP contribution in [0, 0.1) is 0 Å². The van der Waals surface area contributed by atoms with Gasteiger partial charge in [-0.05, 0) is 71.7 Å². The van der Waals surface area contributed by atoms with E-state index in [1.807, 2.05) is 71.4 Å². The molecule has 256 valence electrons. The largest absolute Gasteiger partial charge is 0.543 e. The molecule has 0 fully saturated rings. The SMILES string of the molecule is COc1ccc(Cn2nc(-c3ccccc3)c(-c3ccc(=O)n(Cc4ccc(OC)cc4)n3)c2-c2cccc(O[Si](C)(C)C(C)(C)C)c2)cc1. The van der Waals surface area contributed by atoms with Crippen molar-refractivity contribution in [2.75, 3.05) is 14.2 Å². The van der Waals surface area contributed by atoms with Crippen LogP contribution in [0.15, 0.2) is 120 Å². The van der Waals surface area contributed by atoms with Crippen molar-refractivity contribution in [1.29, 1.82) is 0 Å². The highest BCUT2D eigenvalue weighted by Crippen LogP contribution is 2.42. The molecule has 2 heterocycles.